The lowest BCUT2D eigenvalue weighted by Gasteiger charge is -2.13. The molecule has 140 valence electrons. The first kappa shape index (κ1) is 19.8. The van der Waals surface area contributed by atoms with Gasteiger partial charge in [0.2, 0.25) is 10.0 Å². The van der Waals surface area contributed by atoms with Gasteiger partial charge < -0.3 is 4.74 Å². The highest BCUT2D eigenvalue weighted by molar-refractivity contribution is 7.92. The van der Waals surface area contributed by atoms with E-state index in [9.17, 15) is 26.4 Å². The standard InChI is InChI=1S/C17H16F3NO4S/c1-3-26(23,24)21-13-8-9-14(16(22)25-2)15(10-13)11-4-6-12(7-5-11)17(18,19)20/h4-10,21H,3H2,1-2H3. The first-order valence-electron chi connectivity index (χ1n) is 7.48. The van der Waals surface area contributed by atoms with Crippen LogP contribution in [0.1, 0.15) is 22.8 Å². The second kappa shape index (κ2) is 7.36. The molecule has 2 aromatic carbocycles. The summed E-state index contributed by atoms with van der Waals surface area (Å²) in [5.41, 5.74) is 0.0302. The van der Waals surface area contributed by atoms with Crippen LogP contribution in [0.3, 0.4) is 0 Å². The van der Waals surface area contributed by atoms with Crippen molar-refractivity contribution in [3.8, 4) is 11.1 Å². The maximum absolute atomic E-state index is 12.7. The number of rotatable bonds is 5. The molecule has 26 heavy (non-hydrogen) atoms. The topological polar surface area (TPSA) is 72.5 Å². The first-order chi connectivity index (χ1) is 12.1. The zero-order chi connectivity index (χ0) is 19.5. The van der Waals surface area contributed by atoms with Crippen LogP contribution < -0.4 is 4.72 Å². The van der Waals surface area contributed by atoms with Crippen molar-refractivity contribution >= 4 is 21.7 Å². The minimum atomic E-state index is -4.48. The van der Waals surface area contributed by atoms with Crippen LogP contribution >= 0.6 is 0 Å². The molecule has 0 amide bonds. The molecule has 5 nitrogen and oxygen atoms in total. The van der Waals surface area contributed by atoms with Gasteiger partial charge in [-0.15, -0.1) is 0 Å². The van der Waals surface area contributed by atoms with Crippen molar-refractivity contribution in [3.05, 3.63) is 53.6 Å². The fraction of sp³-hybridized carbons (Fsp3) is 0.235. The lowest BCUT2D eigenvalue weighted by Crippen LogP contribution is -2.15. The van der Waals surface area contributed by atoms with Crippen LogP contribution in [-0.4, -0.2) is 27.2 Å². The van der Waals surface area contributed by atoms with Crippen molar-refractivity contribution in [2.45, 2.75) is 13.1 Å². The molecule has 2 aromatic rings. The average molecular weight is 387 g/mol. The van der Waals surface area contributed by atoms with Gasteiger partial charge in [0, 0.05) is 5.69 Å². The molecule has 0 bridgehead atoms. The van der Waals surface area contributed by atoms with E-state index >= 15 is 0 Å². The van der Waals surface area contributed by atoms with Crippen molar-refractivity contribution in [2.75, 3.05) is 17.6 Å². The Hall–Kier alpha value is -2.55. The number of alkyl halides is 3. The third-order valence-electron chi connectivity index (χ3n) is 3.60. The predicted molar refractivity (Wildman–Crippen MR) is 91.3 cm³/mol. The molecule has 0 saturated carbocycles. The minimum Gasteiger partial charge on any atom is -0.465 e. The molecule has 0 unspecified atom stereocenters. The minimum absolute atomic E-state index is 0.103. The van der Waals surface area contributed by atoms with E-state index in [1.54, 1.807) is 0 Å². The molecule has 0 aliphatic carbocycles. The molecular weight excluding hydrogens is 371 g/mol. The normalized spacial score (nSPS) is 11.9. The van der Waals surface area contributed by atoms with Gasteiger partial charge in [0.15, 0.2) is 0 Å². The Morgan fingerprint density at radius 2 is 1.73 bits per heavy atom. The molecule has 0 aliphatic rings. The van der Waals surface area contributed by atoms with Gasteiger partial charge in [-0.3, -0.25) is 4.72 Å². The van der Waals surface area contributed by atoms with Crippen LogP contribution in [0.25, 0.3) is 11.1 Å². The Labute approximate surface area is 148 Å². The van der Waals surface area contributed by atoms with Crippen LogP contribution in [0.5, 0.6) is 0 Å². The zero-order valence-corrected chi connectivity index (χ0v) is 14.7. The summed E-state index contributed by atoms with van der Waals surface area (Å²) in [4.78, 5) is 11.9. The molecular formula is C17H16F3NO4S. The van der Waals surface area contributed by atoms with Crippen LogP contribution in [0.2, 0.25) is 0 Å². The number of methoxy groups -OCH3 is 1. The highest BCUT2D eigenvalue weighted by Gasteiger charge is 2.30. The number of esters is 1. The summed E-state index contributed by atoms with van der Waals surface area (Å²) in [5, 5.41) is 0. The average Bonchev–Trinajstić information content (AvgIpc) is 2.60. The molecule has 0 spiro atoms. The summed E-state index contributed by atoms with van der Waals surface area (Å²) in [6, 6.07) is 8.31. The van der Waals surface area contributed by atoms with Crippen molar-refractivity contribution in [3.63, 3.8) is 0 Å². The highest BCUT2D eigenvalue weighted by atomic mass is 32.2. The largest absolute Gasteiger partial charge is 0.465 e. The lowest BCUT2D eigenvalue weighted by atomic mass is 9.98. The Kier molecular flexibility index (Phi) is 5.60. The van der Waals surface area contributed by atoms with Gasteiger partial charge in [-0.2, -0.15) is 13.2 Å². The van der Waals surface area contributed by atoms with E-state index in [0.717, 1.165) is 12.1 Å². The number of anilines is 1. The highest BCUT2D eigenvalue weighted by Crippen LogP contribution is 2.33. The van der Waals surface area contributed by atoms with Crippen molar-refractivity contribution in [2.24, 2.45) is 0 Å². The van der Waals surface area contributed by atoms with Crippen LogP contribution in [0.4, 0.5) is 18.9 Å². The van der Waals surface area contributed by atoms with Crippen molar-refractivity contribution < 1.29 is 31.1 Å². The molecule has 2 rings (SSSR count). The smallest absolute Gasteiger partial charge is 0.416 e. The van der Waals surface area contributed by atoms with Crippen molar-refractivity contribution in [1.29, 1.82) is 0 Å². The summed E-state index contributed by atoms with van der Waals surface area (Å²) >= 11 is 0. The molecule has 0 atom stereocenters. The van der Waals surface area contributed by atoms with E-state index < -0.39 is 27.7 Å². The van der Waals surface area contributed by atoms with E-state index in [-0.39, 0.29) is 22.6 Å². The number of sulfonamides is 1. The maximum Gasteiger partial charge on any atom is 0.416 e. The fourth-order valence-electron chi connectivity index (χ4n) is 2.23. The Balaban J connectivity index is 2.54. The van der Waals surface area contributed by atoms with Crippen LogP contribution in [0.15, 0.2) is 42.5 Å². The number of carbonyl (C=O) groups is 1. The SMILES string of the molecule is CCS(=O)(=O)Nc1ccc(C(=O)OC)c(-c2ccc(C(F)(F)F)cc2)c1. The van der Waals surface area contributed by atoms with E-state index in [1.807, 2.05) is 0 Å². The van der Waals surface area contributed by atoms with E-state index in [1.165, 1.54) is 44.4 Å². The number of hydrogen-bond acceptors (Lipinski definition) is 4. The van der Waals surface area contributed by atoms with Gasteiger partial charge in [0.1, 0.15) is 0 Å². The molecule has 1 N–H and O–H groups in total. The first-order valence-corrected chi connectivity index (χ1v) is 9.13. The number of benzene rings is 2. The maximum atomic E-state index is 12.7. The van der Waals surface area contributed by atoms with Gasteiger partial charge in [-0.05, 0) is 48.4 Å². The van der Waals surface area contributed by atoms with Crippen LogP contribution in [0, 0.1) is 0 Å². The summed E-state index contributed by atoms with van der Waals surface area (Å²) in [6.07, 6.45) is -4.48. The predicted octanol–water partition coefficient (Wildman–Crippen LogP) is 3.92. The molecule has 0 aromatic heterocycles. The third kappa shape index (κ3) is 4.54. The molecule has 9 heteroatoms. The second-order valence-electron chi connectivity index (χ2n) is 5.33. The summed E-state index contributed by atoms with van der Waals surface area (Å²) in [7, 11) is -2.38. The van der Waals surface area contributed by atoms with Crippen molar-refractivity contribution in [1.82, 2.24) is 0 Å². The molecule has 0 aliphatic heterocycles. The quantitative estimate of drug-likeness (QED) is 0.790. The fourth-order valence-corrected chi connectivity index (χ4v) is 2.86. The monoisotopic (exact) mass is 387 g/mol. The summed E-state index contributed by atoms with van der Waals surface area (Å²) < 4.78 is 68.6. The number of nitrogens with one attached hydrogen (secondary N) is 1. The third-order valence-corrected chi connectivity index (χ3v) is 4.91. The number of ether oxygens (including phenoxy) is 1. The summed E-state index contributed by atoms with van der Waals surface area (Å²) in [5.74, 6) is -0.841. The number of halogens is 3. The lowest BCUT2D eigenvalue weighted by molar-refractivity contribution is -0.137. The van der Waals surface area contributed by atoms with Gasteiger partial charge in [0.05, 0.1) is 24.0 Å². The van der Waals surface area contributed by atoms with E-state index in [0.29, 0.717) is 5.56 Å². The molecule has 0 heterocycles. The number of carbonyl (C=O) groups excluding carboxylic acids is 1. The number of hydrogen-bond donors (Lipinski definition) is 1. The van der Waals surface area contributed by atoms with Gasteiger partial charge in [-0.25, -0.2) is 13.2 Å². The molecule has 0 saturated heterocycles. The molecule has 0 fully saturated rings. The van der Waals surface area contributed by atoms with E-state index in [4.69, 9.17) is 0 Å². The van der Waals surface area contributed by atoms with Gasteiger partial charge >= 0.3 is 12.1 Å². The zero-order valence-electron chi connectivity index (χ0n) is 13.9. The van der Waals surface area contributed by atoms with Gasteiger partial charge in [0.25, 0.3) is 0 Å². The summed E-state index contributed by atoms with van der Waals surface area (Å²) in [6.45, 7) is 1.46. The van der Waals surface area contributed by atoms with E-state index in [2.05, 4.69) is 9.46 Å². The Morgan fingerprint density at radius 3 is 2.23 bits per heavy atom. The molecule has 0 radical (unpaired) electrons. The Bertz CT molecular complexity index is 907. The Morgan fingerprint density at radius 1 is 1.12 bits per heavy atom. The van der Waals surface area contributed by atoms with Crippen LogP contribution in [-0.2, 0) is 20.9 Å². The second-order valence-corrected chi connectivity index (χ2v) is 7.34. The van der Waals surface area contributed by atoms with Gasteiger partial charge in [-0.1, -0.05) is 12.1 Å².